The van der Waals surface area contributed by atoms with Crippen LogP contribution in [0, 0.1) is 5.92 Å². The third-order valence-electron chi connectivity index (χ3n) is 4.65. The highest BCUT2D eigenvalue weighted by molar-refractivity contribution is 7.89. The molecule has 0 radical (unpaired) electrons. The molecule has 2 N–H and O–H groups in total. The molecule has 1 aromatic carbocycles. The second-order valence-electron chi connectivity index (χ2n) is 6.56. The highest BCUT2D eigenvalue weighted by atomic mass is 32.2. The van der Waals surface area contributed by atoms with Crippen molar-refractivity contribution in [1.82, 2.24) is 9.62 Å². The van der Waals surface area contributed by atoms with E-state index in [2.05, 4.69) is 14.9 Å². The molecular weight excluding hydrogens is 354 g/mol. The van der Waals surface area contributed by atoms with E-state index >= 15 is 0 Å². The number of anilines is 1. The highest BCUT2D eigenvalue weighted by Gasteiger charge is 2.21. The van der Waals surface area contributed by atoms with Crippen LogP contribution in [-0.2, 0) is 19.6 Å². The van der Waals surface area contributed by atoms with Crippen LogP contribution in [0.5, 0.6) is 0 Å². The number of methoxy groups -OCH3 is 1. The second-order valence-corrected chi connectivity index (χ2v) is 8.32. The first kappa shape index (κ1) is 20.8. The summed E-state index contributed by atoms with van der Waals surface area (Å²) in [7, 11) is -1.83. The van der Waals surface area contributed by atoms with Crippen LogP contribution in [0.4, 0.5) is 5.69 Å². The van der Waals surface area contributed by atoms with E-state index in [0.717, 1.165) is 39.1 Å². The molecule has 1 aliphatic heterocycles. The summed E-state index contributed by atoms with van der Waals surface area (Å²) in [6.07, 6.45) is 2.34. The van der Waals surface area contributed by atoms with Crippen LogP contribution >= 0.6 is 0 Å². The molecule has 0 unspecified atom stereocenters. The van der Waals surface area contributed by atoms with Gasteiger partial charge in [-0.2, -0.15) is 0 Å². The molecule has 2 rings (SSSR count). The van der Waals surface area contributed by atoms with E-state index in [4.69, 9.17) is 4.74 Å². The Kier molecular flexibility index (Phi) is 8.02. The summed E-state index contributed by atoms with van der Waals surface area (Å²) in [6.45, 7) is 5.82. The number of benzene rings is 1. The van der Waals surface area contributed by atoms with Gasteiger partial charge in [0, 0.05) is 32.3 Å². The summed E-state index contributed by atoms with van der Waals surface area (Å²) in [5, 5.41) is 2.70. The summed E-state index contributed by atoms with van der Waals surface area (Å²) in [6, 6.07) is 6.24. The molecule has 26 heavy (non-hydrogen) atoms. The average molecular weight is 384 g/mol. The summed E-state index contributed by atoms with van der Waals surface area (Å²) in [4.78, 5) is 13.9. The molecule has 7 nitrogen and oxygen atoms in total. The van der Waals surface area contributed by atoms with Gasteiger partial charge in [-0.15, -0.1) is 0 Å². The lowest BCUT2D eigenvalue weighted by molar-refractivity contribution is -0.115. The first-order chi connectivity index (χ1) is 12.4. The zero-order chi connectivity index (χ0) is 19.0. The number of carbonyl (C=O) groups is 1. The Morgan fingerprint density at radius 1 is 1.23 bits per heavy atom. The van der Waals surface area contributed by atoms with Crippen molar-refractivity contribution < 1.29 is 17.9 Å². The van der Waals surface area contributed by atoms with Crippen LogP contribution in [-0.4, -0.2) is 59.1 Å². The minimum absolute atomic E-state index is 0.101. The second kappa shape index (κ2) is 10.0. The number of hydrogen-bond donors (Lipinski definition) is 2. The Balaban J connectivity index is 1.82. The van der Waals surface area contributed by atoms with E-state index < -0.39 is 10.0 Å². The molecule has 1 heterocycles. The number of piperidine rings is 1. The summed E-state index contributed by atoms with van der Waals surface area (Å²) in [5.74, 6) is 0.252. The maximum atomic E-state index is 12.4. The molecule has 0 aliphatic carbocycles. The maximum Gasteiger partial charge on any atom is 0.240 e. The number of likely N-dealkylation sites (tertiary alicyclic amines) is 1. The van der Waals surface area contributed by atoms with Gasteiger partial charge in [0.2, 0.25) is 15.9 Å². The molecule has 1 amide bonds. The molecule has 0 spiro atoms. The average Bonchev–Trinajstić information content (AvgIpc) is 2.66. The molecule has 0 saturated carbocycles. The summed E-state index contributed by atoms with van der Waals surface area (Å²) < 4.78 is 32.7. The lowest BCUT2D eigenvalue weighted by Gasteiger charge is -2.31. The lowest BCUT2D eigenvalue weighted by atomic mass is 9.97. The number of hydrogen-bond acceptors (Lipinski definition) is 5. The lowest BCUT2D eigenvalue weighted by Crippen LogP contribution is -2.39. The SMILES string of the molecule is CCC(=O)Nc1ccc(S(=O)(=O)NCC2CCN(CCOC)CC2)cc1. The molecule has 0 atom stereocenters. The smallest absolute Gasteiger partial charge is 0.240 e. The van der Waals surface area contributed by atoms with Crippen LogP contribution in [0.3, 0.4) is 0 Å². The van der Waals surface area contributed by atoms with Crippen LogP contribution in [0.1, 0.15) is 26.2 Å². The van der Waals surface area contributed by atoms with E-state index in [1.807, 2.05) is 0 Å². The fourth-order valence-corrected chi connectivity index (χ4v) is 4.03. The molecule has 146 valence electrons. The fraction of sp³-hybridized carbons (Fsp3) is 0.611. The van der Waals surface area contributed by atoms with Crippen molar-refractivity contribution in [2.45, 2.75) is 31.1 Å². The van der Waals surface area contributed by atoms with Gasteiger partial charge in [-0.25, -0.2) is 13.1 Å². The Labute approximate surface area is 156 Å². The molecule has 1 aromatic rings. The van der Waals surface area contributed by atoms with Crippen LogP contribution < -0.4 is 10.0 Å². The van der Waals surface area contributed by atoms with Gasteiger partial charge in [-0.3, -0.25) is 4.79 Å². The van der Waals surface area contributed by atoms with Crippen molar-refractivity contribution in [3.63, 3.8) is 0 Å². The Bertz CT molecular complexity index is 668. The Morgan fingerprint density at radius 3 is 2.46 bits per heavy atom. The monoisotopic (exact) mass is 383 g/mol. The normalized spacial score (nSPS) is 16.5. The maximum absolute atomic E-state index is 12.4. The van der Waals surface area contributed by atoms with Gasteiger partial charge in [0.15, 0.2) is 0 Å². The van der Waals surface area contributed by atoms with Gasteiger partial charge in [0.05, 0.1) is 11.5 Å². The fourth-order valence-electron chi connectivity index (χ4n) is 2.91. The zero-order valence-electron chi connectivity index (χ0n) is 15.5. The van der Waals surface area contributed by atoms with Crippen molar-refractivity contribution in [3.8, 4) is 0 Å². The summed E-state index contributed by atoms with van der Waals surface area (Å²) in [5.41, 5.74) is 0.597. The zero-order valence-corrected chi connectivity index (χ0v) is 16.3. The third-order valence-corrected chi connectivity index (χ3v) is 6.09. The minimum Gasteiger partial charge on any atom is -0.383 e. The van der Waals surface area contributed by atoms with Crippen LogP contribution in [0.25, 0.3) is 0 Å². The van der Waals surface area contributed by atoms with E-state index in [9.17, 15) is 13.2 Å². The van der Waals surface area contributed by atoms with Gasteiger partial charge in [-0.05, 0) is 56.1 Å². The third kappa shape index (κ3) is 6.35. The van der Waals surface area contributed by atoms with Crippen LogP contribution in [0.2, 0.25) is 0 Å². The van der Waals surface area contributed by atoms with Crippen molar-refractivity contribution in [2.75, 3.05) is 45.2 Å². The first-order valence-corrected chi connectivity index (χ1v) is 10.5. The molecule has 1 fully saturated rings. The number of carbonyl (C=O) groups excluding carboxylic acids is 1. The van der Waals surface area contributed by atoms with E-state index in [1.165, 1.54) is 12.1 Å². The standard InChI is InChI=1S/C18H29N3O4S/c1-3-18(22)20-16-4-6-17(7-5-16)26(23,24)19-14-15-8-10-21(11-9-15)12-13-25-2/h4-7,15,19H,3,8-14H2,1-2H3,(H,20,22). The molecular formula is C18H29N3O4S. The van der Waals surface area contributed by atoms with Crippen LogP contribution in [0.15, 0.2) is 29.2 Å². The predicted molar refractivity (Wildman–Crippen MR) is 102 cm³/mol. The van der Waals surface area contributed by atoms with Crippen molar-refractivity contribution >= 4 is 21.6 Å². The number of ether oxygens (including phenoxy) is 1. The van der Waals surface area contributed by atoms with Crippen molar-refractivity contribution in [2.24, 2.45) is 5.92 Å². The first-order valence-electron chi connectivity index (χ1n) is 9.05. The Morgan fingerprint density at radius 2 is 1.88 bits per heavy atom. The van der Waals surface area contributed by atoms with Gasteiger partial charge >= 0.3 is 0 Å². The van der Waals surface area contributed by atoms with Gasteiger partial charge in [-0.1, -0.05) is 6.92 Å². The Hall–Kier alpha value is -1.48. The number of rotatable bonds is 9. The number of sulfonamides is 1. The van der Waals surface area contributed by atoms with E-state index in [1.54, 1.807) is 26.2 Å². The molecule has 1 saturated heterocycles. The molecule has 8 heteroatoms. The van der Waals surface area contributed by atoms with Crippen molar-refractivity contribution in [1.29, 1.82) is 0 Å². The predicted octanol–water partition coefficient (Wildman–Crippen LogP) is 1.67. The van der Waals surface area contributed by atoms with Gasteiger partial charge in [0.1, 0.15) is 0 Å². The number of nitrogens with one attached hydrogen (secondary N) is 2. The largest absolute Gasteiger partial charge is 0.383 e. The minimum atomic E-state index is -3.53. The van der Waals surface area contributed by atoms with Gasteiger partial charge < -0.3 is 15.0 Å². The topological polar surface area (TPSA) is 87.7 Å². The molecule has 1 aliphatic rings. The van der Waals surface area contributed by atoms with E-state index in [0.29, 0.717) is 24.6 Å². The number of amides is 1. The molecule has 0 aromatic heterocycles. The number of nitrogens with zero attached hydrogens (tertiary/aromatic N) is 1. The van der Waals surface area contributed by atoms with Gasteiger partial charge in [0.25, 0.3) is 0 Å². The highest BCUT2D eigenvalue weighted by Crippen LogP contribution is 2.18. The van der Waals surface area contributed by atoms with Crippen molar-refractivity contribution in [3.05, 3.63) is 24.3 Å². The summed E-state index contributed by atoms with van der Waals surface area (Å²) >= 11 is 0. The quantitative estimate of drug-likeness (QED) is 0.677. The van der Waals surface area contributed by atoms with E-state index in [-0.39, 0.29) is 10.8 Å². The molecule has 0 bridgehead atoms.